The van der Waals surface area contributed by atoms with Gasteiger partial charge in [-0.1, -0.05) is 56.3 Å². The van der Waals surface area contributed by atoms with E-state index in [1.165, 1.54) is 11.6 Å². The van der Waals surface area contributed by atoms with E-state index in [0.29, 0.717) is 16.7 Å². The fraction of sp³-hybridized carbons (Fsp3) is 0.278. The van der Waals surface area contributed by atoms with Crippen LogP contribution in [0.1, 0.15) is 31.9 Å². The molecule has 0 radical (unpaired) electrons. The zero-order chi connectivity index (χ0) is 15.9. The molecule has 0 aliphatic rings. The zero-order valence-corrected chi connectivity index (χ0v) is 13.7. The summed E-state index contributed by atoms with van der Waals surface area (Å²) < 4.78 is 13.7. The highest BCUT2D eigenvalue weighted by molar-refractivity contribution is 7.80. The number of benzene rings is 2. The molecule has 0 saturated heterocycles. The Kier molecular flexibility index (Phi) is 5.90. The van der Waals surface area contributed by atoms with Gasteiger partial charge in [0.2, 0.25) is 0 Å². The average molecular weight is 316 g/mol. The molecule has 0 bridgehead atoms. The van der Waals surface area contributed by atoms with E-state index in [2.05, 4.69) is 36.6 Å². The molecule has 2 nitrogen and oxygen atoms in total. The van der Waals surface area contributed by atoms with Crippen LogP contribution in [0.3, 0.4) is 0 Å². The summed E-state index contributed by atoms with van der Waals surface area (Å²) in [6.45, 7) is 4.34. The van der Waals surface area contributed by atoms with Crippen molar-refractivity contribution in [1.82, 2.24) is 5.32 Å². The first-order valence-corrected chi connectivity index (χ1v) is 7.84. The number of anilines is 1. The molecule has 0 unspecified atom stereocenters. The fourth-order valence-corrected chi connectivity index (χ4v) is 2.57. The normalized spacial score (nSPS) is 12.0. The van der Waals surface area contributed by atoms with Gasteiger partial charge in [0.05, 0.1) is 11.7 Å². The van der Waals surface area contributed by atoms with Crippen LogP contribution < -0.4 is 10.6 Å². The van der Waals surface area contributed by atoms with Gasteiger partial charge in [-0.05, 0) is 42.3 Å². The molecule has 2 N–H and O–H groups in total. The van der Waals surface area contributed by atoms with Crippen LogP contribution in [-0.4, -0.2) is 5.11 Å². The molecule has 2 rings (SSSR count). The van der Waals surface area contributed by atoms with Crippen molar-refractivity contribution in [2.24, 2.45) is 5.92 Å². The van der Waals surface area contributed by atoms with Crippen LogP contribution in [0.2, 0.25) is 0 Å². The van der Waals surface area contributed by atoms with Gasteiger partial charge in [0.25, 0.3) is 0 Å². The van der Waals surface area contributed by atoms with Gasteiger partial charge >= 0.3 is 0 Å². The van der Waals surface area contributed by atoms with Crippen LogP contribution in [0.4, 0.5) is 10.1 Å². The number of nitrogens with one attached hydrogen (secondary N) is 2. The van der Waals surface area contributed by atoms with E-state index in [1.807, 2.05) is 18.2 Å². The molecular weight excluding hydrogens is 295 g/mol. The molecule has 0 amide bonds. The topological polar surface area (TPSA) is 24.1 Å². The smallest absolute Gasteiger partial charge is 0.171 e. The molecule has 1 atom stereocenters. The maximum Gasteiger partial charge on any atom is 0.171 e. The maximum absolute atomic E-state index is 13.7. The third-order valence-corrected chi connectivity index (χ3v) is 3.56. The maximum atomic E-state index is 13.7. The molecule has 0 aliphatic heterocycles. The van der Waals surface area contributed by atoms with Gasteiger partial charge in [0.15, 0.2) is 5.11 Å². The van der Waals surface area contributed by atoms with Crippen molar-refractivity contribution < 1.29 is 4.39 Å². The molecule has 22 heavy (non-hydrogen) atoms. The summed E-state index contributed by atoms with van der Waals surface area (Å²) in [6, 6.07) is 16.8. The van der Waals surface area contributed by atoms with Gasteiger partial charge in [-0.15, -0.1) is 0 Å². The summed E-state index contributed by atoms with van der Waals surface area (Å²) >= 11 is 5.34. The van der Waals surface area contributed by atoms with E-state index < -0.39 is 0 Å². The SMILES string of the molecule is CC(C)C[C@H](NC(=S)Nc1ccccc1F)c1ccccc1. The van der Waals surface area contributed by atoms with Crippen molar-refractivity contribution in [2.45, 2.75) is 26.3 Å². The van der Waals surface area contributed by atoms with E-state index in [1.54, 1.807) is 18.2 Å². The Balaban J connectivity index is 2.07. The Morgan fingerprint density at radius 2 is 1.68 bits per heavy atom. The van der Waals surface area contributed by atoms with Gasteiger partial charge in [0.1, 0.15) is 5.82 Å². The van der Waals surface area contributed by atoms with Gasteiger partial charge in [-0.3, -0.25) is 0 Å². The average Bonchev–Trinajstić information content (AvgIpc) is 2.49. The monoisotopic (exact) mass is 316 g/mol. The second-order valence-electron chi connectivity index (χ2n) is 5.67. The Labute approximate surface area is 136 Å². The quantitative estimate of drug-likeness (QED) is 0.767. The zero-order valence-electron chi connectivity index (χ0n) is 12.8. The van der Waals surface area contributed by atoms with E-state index in [-0.39, 0.29) is 11.9 Å². The molecular formula is C18H21FN2S. The van der Waals surface area contributed by atoms with Crippen LogP contribution >= 0.6 is 12.2 Å². The minimum atomic E-state index is -0.313. The highest BCUT2D eigenvalue weighted by Gasteiger charge is 2.14. The summed E-state index contributed by atoms with van der Waals surface area (Å²) in [5.41, 5.74) is 1.56. The van der Waals surface area contributed by atoms with Crippen LogP contribution in [0, 0.1) is 11.7 Å². The lowest BCUT2D eigenvalue weighted by Crippen LogP contribution is -2.33. The highest BCUT2D eigenvalue weighted by Crippen LogP contribution is 2.21. The molecule has 4 heteroatoms. The fourth-order valence-electron chi connectivity index (χ4n) is 2.31. The summed E-state index contributed by atoms with van der Waals surface area (Å²) in [4.78, 5) is 0. The van der Waals surface area contributed by atoms with Crippen LogP contribution in [0.15, 0.2) is 54.6 Å². The molecule has 0 aliphatic carbocycles. The summed E-state index contributed by atoms with van der Waals surface area (Å²) in [7, 11) is 0. The second kappa shape index (κ2) is 7.90. The Hall–Kier alpha value is -1.94. The lowest BCUT2D eigenvalue weighted by Gasteiger charge is -2.23. The molecule has 0 heterocycles. The van der Waals surface area contributed by atoms with Crippen molar-refractivity contribution in [3.8, 4) is 0 Å². The third kappa shape index (κ3) is 4.81. The first-order valence-electron chi connectivity index (χ1n) is 7.43. The lowest BCUT2D eigenvalue weighted by molar-refractivity contribution is 0.480. The third-order valence-electron chi connectivity index (χ3n) is 3.34. The predicted molar refractivity (Wildman–Crippen MR) is 94.4 cm³/mol. The molecule has 0 saturated carbocycles. The van der Waals surface area contributed by atoms with Gasteiger partial charge in [0, 0.05) is 0 Å². The van der Waals surface area contributed by atoms with Gasteiger partial charge < -0.3 is 10.6 Å². The van der Waals surface area contributed by atoms with Crippen molar-refractivity contribution in [2.75, 3.05) is 5.32 Å². The van der Waals surface area contributed by atoms with E-state index in [4.69, 9.17) is 12.2 Å². The van der Waals surface area contributed by atoms with Crippen LogP contribution in [-0.2, 0) is 0 Å². The number of rotatable bonds is 5. The Morgan fingerprint density at radius 3 is 2.32 bits per heavy atom. The minimum Gasteiger partial charge on any atom is -0.356 e. The number of hydrogen-bond donors (Lipinski definition) is 2. The summed E-state index contributed by atoms with van der Waals surface area (Å²) in [5, 5.41) is 6.65. The first-order chi connectivity index (χ1) is 10.6. The number of para-hydroxylation sites is 1. The summed E-state index contributed by atoms with van der Waals surface area (Å²) in [5.74, 6) is 0.209. The number of halogens is 1. The molecule has 0 aromatic heterocycles. The van der Waals surface area contributed by atoms with Crippen molar-refractivity contribution >= 4 is 23.0 Å². The highest BCUT2D eigenvalue weighted by atomic mass is 32.1. The largest absolute Gasteiger partial charge is 0.356 e. The first kappa shape index (κ1) is 16.4. The second-order valence-corrected chi connectivity index (χ2v) is 6.08. The van der Waals surface area contributed by atoms with Crippen molar-refractivity contribution in [3.63, 3.8) is 0 Å². The molecule has 0 spiro atoms. The molecule has 116 valence electrons. The number of hydrogen-bond acceptors (Lipinski definition) is 1. The Bertz CT molecular complexity index is 613. The Morgan fingerprint density at radius 1 is 1.05 bits per heavy atom. The molecule has 2 aromatic rings. The van der Waals surface area contributed by atoms with E-state index in [9.17, 15) is 4.39 Å². The van der Waals surface area contributed by atoms with Crippen molar-refractivity contribution in [1.29, 1.82) is 0 Å². The van der Waals surface area contributed by atoms with Crippen LogP contribution in [0.5, 0.6) is 0 Å². The van der Waals surface area contributed by atoms with E-state index >= 15 is 0 Å². The molecule has 0 fully saturated rings. The standard InChI is InChI=1S/C18H21FN2S/c1-13(2)12-17(14-8-4-3-5-9-14)21-18(22)20-16-11-7-6-10-15(16)19/h3-11,13,17H,12H2,1-2H3,(H2,20,21,22)/t17-/m0/s1. The molecule has 2 aromatic carbocycles. The minimum absolute atomic E-state index is 0.105. The lowest BCUT2D eigenvalue weighted by atomic mass is 9.97. The van der Waals surface area contributed by atoms with Crippen molar-refractivity contribution in [3.05, 3.63) is 66.0 Å². The van der Waals surface area contributed by atoms with Crippen LogP contribution in [0.25, 0.3) is 0 Å². The number of thiocarbonyl (C=S) groups is 1. The predicted octanol–water partition coefficient (Wildman–Crippen LogP) is 4.90. The van der Waals surface area contributed by atoms with Gasteiger partial charge in [-0.2, -0.15) is 0 Å². The summed E-state index contributed by atoms with van der Waals surface area (Å²) in [6.07, 6.45) is 0.948. The van der Waals surface area contributed by atoms with E-state index in [0.717, 1.165) is 6.42 Å². The van der Waals surface area contributed by atoms with Gasteiger partial charge in [-0.25, -0.2) is 4.39 Å².